The molecule has 0 fully saturated rings. The van der Waals surface area contributed by atoms with Gasteiger partial charge in [-0.2, -0.15) is 0 Å². The van der Waals surface area contributed by atoms with E-state index >= 15 is 0 Å². The third-order valence-electron chi connectivity index (χ3n) is 6.61. The van der Waals surface area contributed by atoms with Crippen molar-refractivity contribution in [2.45, 2.75) is 71.8 Å². The van der Waals surface area contributed by atoms with Gasteiger partial charge in [0.15, 0.2) is 0 Å². The molecule has 2 N–H and O–H groups in total. The monoisotopic (exact) mass is 511 g/mol. The number of ether oxygens (including phenoxy) is 1. The molecule has 1 unspecified atom stereocenters. The molecule has 2 rings (SSSR count). The second-order valence-electron chi connectivity index (χ2n) is 9.07. The lowest BCUT2D eigenvalue weighted by molar-refractivity contribution is -0.132. The quantitative estimate of drug-likeness (QED) is 0.198. The van der Waals surface area contributed by atoms with Crippen LogP contribution in [-0.2, 0) is 20.9 Å². The van der Waals surface area contributed by atoms with Crippen LogP contribution in [-0.4, -0.2) is 48.0 Å². The molecule has 0 aliphatic carbocycles. The lowest BCUT2D eigenvalue weighted by Crippen LogP contribution is -2.33. The van der Waals surface area contributed by atoms with E-state index in [0.29, 0.717) is 50.3 Å². The number of hydrogen-bond acceptors (Lipinski definition) is 5. The van der Waals surface area contributed by atoms with Crippen LogP contribution in [0.3, 0.4) is 0 Å². The number of hydrogen-bond donors (Lipinski definition) is 2. The van der Waals surface area contributed by atoms with Gasteiger partial charge in [0.05, 0.1) is 25.3 Å². The summed E-state index contributed by atoms with van der Waals surface area (Å²) in [4.78, 5) is 40.8. The molecule has 0 spiro atoms. The highest BCUT2D eigenvalue weighted by molar-refractivity contribution is 5.94. The summed E-state index contributed by atoms with van der Waals surface area (Å²) in [6, 6.07) is 15.4. The number of benzene rings is 2. The molecule has 8 nitrogen and oxygen atoms in total. The Kier molecular flexibility index (Phi) is 12.6. The number of nitrogens with one attached hydrogen (secondary N) is 1. The van der Waals surface area contributed by atoms with E-state index in [1.807, 2.05) is 74.2 Å². The molecule has 0 aliphatic heterocycles. The van der Waals surface area contributed by atoms with Crippen molar-refractivity contribution in [2.24, 2.45) is 0 Å². The molecule has 3 amide bonds. The van der Waals surface area contributed by atoms with Crippen molar-refractivity contribution in [1.29, 1.82) is 0 Å². The standard InChI is InChI=1S/C29H41N3O5/c1-5-31(6-2)29(35)22(3)24-19-17-23(18-20-24)21-32(25-13-11-12-14-26(25)37-4)28(34)16-10-8-7-9-15-27(33)30-36/h11-14,17-20,22,36H,5-10,15-16,21H2,1-4H3,(H,30,33). The summed E-state index contributed by atoms with van der Waals surface area (Å²) in [6.45, 7) is 7.65. The maximum absolute atomic E-state index is 13.3. The number of para-hydroxylation sites is 2. The van der Waals surface area contributed by atoms with Crippen molar-refractivity contribution in [1.82, 2.24) is 10.4 Å². The number of carbonyl (C=O) groups excluding carboxylic acids is 3. The lowest BCUT2D eigenvalue weighted by atomic mass is 9.98. The predicted molar refractivity (Wildman–Crippen MR) is 145 cm³/mol. The number of methoxy groups -OCH3 is 1. The largest absolute Gasteiger partial charge is 0.495 e. The van der Waals surface area contributed by atoms with E-state index in [-0.39, 0.29) is 24.2 Å². The van der Waals surface area contributed by atoms with E-state index in [9.17, 15) is 14.4 Å². The lowest BCUT2D eigenvalue weighted by Gasteiger charge is -2.26. The summed E-state index contributed by atoms with van der Waals surface area (Å²) < 4.78 is 5.53. The Morgan fingerprint density at radius 1 is 0.919 bits per heavy atom. The first-order valence-electron chi connectivity index (χ1n) is 13.1. The van der Waals surface area contributed by atoms with E-state index in [4.69, 9.17) is 9.94 Å². The van der Waals surface area contributed by atoms with E-state index in [1.54, 1.807) is 17.5 Å². The fourth-order valence-corrected chi connectivity index (χ4v) is 4.31. The first kappa shape index (κ1) is 29.8. The van der Waals surface area contributed by atoms with Gasteiger partial charge in [-0.1, -0.05) is 49.2 Å². The van der Waals surface area contributed by atoms with E-state index in [1.165, 1.54) is 0 Å². The van der Waals surface area contributed by atoms with E-state index in [2.05, 4.69) is 0 Å². The highest BCUT2D eigenvalue weighted by Gasteiger charge is 2.22. The van der Waals surface area contributed by atoms with E-state index < -0.39 is 5.91 Å². The van der Waals surface area contributed by atoms with Crippen LogP contribution in [0, 0.1) is 0 Å². The molecule has 2 aromatic rings. The molecule has 0 saturated carbocycles. The molecule has 1 atom stereocenters. The second-order valence-corrected chi connectivity index (χ2v) is 9.07. The molecule has 0 aliphatic rings. The average Bonchev–Trinajstić information content (AvgIpc) is 2.93. The predicted octanol–water partition coefficient (Wildman–Crippen LogP) is 5.05. The minimum absolute atomic E-state index is 0.00763. The van der Waals surface area contributed by atoms with Crippen molar-refractivity contribution in [3.05, 3.63) is 59.7 Å². The first-order chi connectivity index (χ1) is 17.9. The van der Waals surface area contributed by atoms with Gasteiger partial charge in [0, 0.05) is 25.9 Å². The number of carbonyl (C=O) groups is 3. The smallest absolute Gasteiger partial charge is 0.243 e. The van der Waals surface area contributed by atoms with Crippen LogP contribution < -0.4 is 15.1 Å². The summed E-state index contributed by atoms with van der Waals surface area (Å²) in [5.74, 6) is 0.105. The van der Waals surface area contributed by atoms with Gasteiger partial charge in [0.25, 0.3) is 0 Å². The van der Waals surface area contributed by atoms with Crippen molar-refractivity contribution in [3.8, 4) is 5.75 Å². The number of rotatable bonds is 15. The fourth-order valence-electron chi connectivity index (χ4n) is 4.31. The number of anilines is 1. The van der Waals surface area contributed by atoms with Gasteiger partial charge in [-0.15, -0.1) is 0 Å². The number of unbranched alkanes of at least 4 members (excludes halogenated alkanes) is 3. The van der Waals surface area contributed by atoms with Gasteiger partial charge >= 0.3 is 0 Å². The van der Waals surface area contributed by atoms with Crippen LogP contribution in [0.5, 0.6) is 5.75 Å². The minimum Gasteiger partial charge on any atom is -0.495 e. The van der Waals surface area contributed by atoms with Gasteiger partial charge < -0.3 is 14.5 Å². The Bertz CT molecular complexity index is 1000. The molecule has 0 radical (unpaired) electrons. The Hall–Kier alpha value is -3.39. The zero-order valence-electron chi connectivity index (χ0n) is 22.5. The number of hydroxylamine groups is 1. The van der Waals surface area contributed by atoms with E-state index in [0.717, 1.165) is 24.0 Å². The molecule has 0 heterocycles. The highest BCUT2D eigenvalue weighted by atomic mass is 16.5. The maximum Gasteiger partial charge on any atom is 0.243 e. The van der Waals surface area contributed by atoms with Crippen LogP contribution >= 0.6 is 0 Å². The first-order valence-corrected chi connectivity index (χ1v) is 13.1. The molecule has 0 aromatic heterocycles. The summed E-state index contributed by atoms with van der Waals surface area (Å²) in [6.07, 6.45) is 3.64. The molecular formula is C29H41N3O5. The molecule has 37 heavy (non-hydrogen) atoms. The number of amides is 3. The minimum atomic E-state index is -0.392. The van der Waals surface area contributed by atoms with Gasteiger partial charge in [-0.05, 0) is 56.9 Å². The van der Waals surface area contributed by atoms with Crippen molar-refractivity contribution in [3.63, 3.8) is 0 Å². The number of nitrogens with zero attached hydrogens (tertiary/aromatic N) is 2. The number of likely N-dealkylation sites (N-methyl/N-ethyl adjacent to an activating group) is 1. The average molecular weight is 512 g/mol. The van der Waals surface area contributed by atoms with Crippen LogP contribution in [0.4, 0.5) is 5.69 Å². The Labute approximate surface area is 220 Å². The van der Waals surface area contributed by atoms with Crippen molar-refractivity contribution in [2.75, 3.05) is 25.1 Å². The summed E-state index contributed by atoms with van der Waals surface area (Å²) in [7, 11) is 1.59. The fraction of sp³-hybridized carbons (Fsp3) is 0.483. The summed E-state index contributed by atoms with van der Waals surface area (Å²) in [5.41, 5.74) is 4.26. The van der Waals surface area contributed by atoms with Gasteiger partial charge in [-0.25, -0.2) is 5.48 Å². The van der Waals surface area contributed by atoms with Crippen LogP contribution in [0.15, 0.2) is 48.5 Å². The SMILES string of the molecule is CCN(CC)C(=O)C(C)c1ccc(CN(C(=O)CCCCCCC(=O)NO)c2ccccc2OC)cc1. The van der Waals surface area contributed by atoms with Crippen molar-refractivity contribution >= 4 is 23.4 Å². The summed E-state index contributed by atoms with van der Waals surface area (Å²) in [5, 5.41) is 8.58. The Morgan fingerprint density at radius 3 is 2.14 bits per heavy atom. The van der Waals surface area contributed by atoms with Crippen LogP contribution in [0.1, 0.15) is 76.3 Å². The van der Waals surface area contributed by atoms with Gasteiger partial charge in [-0.3, -0.25) is 19.6 Å². The van der Waals surface area contributed by atoms with Crippen LogP contribution in [0.25, 0.3) is 0 Å². The molecule has 202 valence electrons. The Balaban J connectivity index is 2.11. The van der Waals surface area contributed by atoms with Gasteiger partial charge in [0.2, 0.25) is 17.7 Å². The molecule has 8 heteroatoms. The molecular weight excluding hydrogens is 470 g/mol. The molecule has 2 aromatic carbocycles. The molecule has 0 saturated heterocycles. The second kappa shape index (κ2) is 15.7. The van der Waals surface area contributed by atoms with Crippen LogP contribution in [0.2, 0.25) is 0 Å². The maximum atomic E-state index is 13.3. The highest BCUT2D eigenvalue weighted by Crippen LogP contribution is 2.30. The third kappa shape index (κ3) is 8.89. The van der Waals surface area contributed by atoms with Crippen molar-refractivity contribution < 1.29 is 24.3 Å². The normalized spacial score (nSPS) is 11.5. The molecule has 0 bridgehead atoms. The zero-order valence-corrected chi connectivity index (χ0v) is 22.5. The third-order valence-corrected chi connectivity index (χ3v) is 6.61. The van der Waals surface area contributed by atoms with Gasteiger partial charge in [0.1, 0.15) is 5.75 Å². The topological polar surface area (TPSA) is 99.2 Å². The summed E-state index contributed by atoms with van der Waals surface area (Å²) >= 11 is 0. The Morgan fingerprint density at radius 2 is 1.54 bits per heavy atom. The zero-order chi connectivity index (χ0) is 27.2.